The Bertz CT molecular complexity index is 137. The lowest BCUT2D eigenvalue weighted by Gasteiger charge is -2.10. The standard InChI is InChI=1S/C9H18Si/c1-6-7-9(2)8-10(3,4)5/h6,8H,1,7H2,2-5H3/b9-8+. The van der Waals surface area contributed by atoms with E-state index in [4.69, 9.17) is 0 Å². The molecule has 10 heavy (non-hydrogen) atoms. The highest BCUT2D eigenvalue weighted by molar-refractivity contribution is 6.81. The van der Waals surface area contributed by atoms with Crippen LogP contribution in [0, 0.1) is 0 Å². The van der Waals surface area contributed by atoms with Crippen molar-refractivity contribution in [1.29, 1.82) is 0 Å². The van der Waals surface area contributed by atoms with Gasteiger partial charge in [0.2, 0.25) is 0 Å². The number of rotatable bonds is 3. The molecule has 0 atom stereocenters. The third-order valence-electron chi connectivity index (χ3n) is 1.15. The van der Waals surface area contributed by atoms with E-state index < -0.39 is 8.07 Å². The molecule has 0 spiro atoms. The van der Waals surface area contributed by atoms with E-state index in [1.807, 2.05) is 6.08 Å². The van der Waals surface area contributed by atoms with Gasteiger partial charge in [-0.25, -0.2) is 0 Å². The van der Waals surface area contributed by atoms with Gasteiger partial charge in [-0.2, -0.15) is 0 Å². The molecule has 0 nitrogen and oxygen atoms in total. The average molecular weight is 154 g/mol. The average Bonchev–Trinajstić information content (AvgIpc) is 1.59. The first-order valence-corrected chi connectivity index (χ1v) is 7.32. The molecule has 0 aliphatic carbocycles. The summed E-state index contributed by atoms with van der Waals surface area (Å²) in [6.45, 7) is 12.9. The van der Waals surface area contributed by atoms with Gasteiger partial charge < -0.3 is 0 Å². The quantitative estimate of drug-likeness (QED) is 0.432. The Kier molecular flexibility index (Phi) is 3.65. The lowest BCUT2D eigenvalue weighted by Crippen LogP contribution is -2.16. The zero-order valence-corrected chi connectivity index (χ0v) is 8.57. The van der Waals surface area contributed by atoms with Crippen molar-refractivity contribution in [3.8, 4) is 0 Å². The highest BCUT2D eigenvalue weighted by Crippen LogP contribution is 2.09. The lowest BCUT2D eigenvalue weighted by molar-refractivity contribution is 1.22. The second-order valence-electron chi connectivity index (χ2n) is 3.85. The van der Waals surface area contributed by atoms with Crippen LogP contribution in [0.4, 0.5) is 0 Å². The Hall–Kier alpha value is -0.303. The molecule has 0 aromatic rings. The van der Waals surface area contributed by atoms with Crippen molar-refractivity contribution in [3.05, 3.63) is 23.9 Å². The van der Waals surface area contributed by atoms with E-state index in [0.29, 0.717) is 0 Å². The topological polar surface area (TPSA) is 0 Å². The number of allylic oxidation sites excluding steroid dienone is 2. The Morgan fingerprint density at radius 2 is 1.90 bits per heavy atom. The molecule has 0 aromatic heterocycles. The van der Waals surface area contributed by atoms with Crippen molar-refractivity contribution in [1.82, 2.24) is 0 Å². The van der Waals surface area contributed by atoms with Crippen molar-refractivity contribution < 1.29 is 0 Å². The van der Waals surface area contributed by atoms with E-state index in [2.05, 4.69) is 38.8 Å². The van der Waals surface area contributed by atoms with Gasteiger partial charge in [0.15, 0.2) is 0 Å². The van der Waals surface area contributed by atoms with Gasteiger partial charge in [-0.3, -0.25) is 0 Å². The minimum absolute atomic E-state index is 0.967. The van der Waals surface area contributed by atoms with Crippen LogP contribution >= 0.6 is 0 Å². The molecule has 0 saturated heterocycles. The summed E-state index contributed by atoms with van der Waals surface area (Å²) in [4.78, 5) is 0. The summed E-state index contributed by atoms with van der Waals surface area (Å²) < 4.78 is 0. The third kappa shape index (κ3) is 5.83. The summed E-state index contributed by atoms with van der Waals surface area (Å²) in [6, 6.07) is 0. The molecule has 0 amide bonds. The van der Waals surface area contributed by atoms with Crippen molar-refractivity contribution >= 4 is 8.07 Å². The predicted molar refractivity (Wildman–Crippen MR) is 51.9 cm³/mol. The summed E-state index contributed by atoms with van der Waals surface area (Å²) in [7, 11) is -0.967. The smallest absolute Gasteiger partial charge is 0.0686 e. The summed E-state index contributed by atoms with van der Waals surface area (Å²) >= 11 is 0. The van der Waals surface area contributed by atoms with Gasteiger partial charge in [0.1, 0.15) is 0 Å². The van der Waals surface area contributed by atoms with Gasteiger partial charge in [-0.05, 0) is 13.3 Å². The van der Waals surface area contributed by atoms with Crippen molar-refractivity contribution in [3.63, 3.8) is 0 Å². The summed E-state index contributed by atoms with van der Waals surface area (Å²) in [5.74, 6) is 0. The van der Waals surface area contributed by atoms with Crippen molar-refractivity contribution in [2.75, 3.05) is 0 Å². The molecule has 0 heterocycles. The largest absolute Gasteiger partial charge is 0.103 e. The first kappa shape index (κ1) is 9.70. The highest BCUT2D eigenvalue weighted by Gasteiger charge is 2.07. The highest BCUT2D eigenvalue weighted by atomic mass is 28.3. The molecule has 0 N–H and O–H groups in total. The van der Waals surface area contributed by atoms with Crippen molar-refractivity contribution in [2.45, 2.75) is 33.0 Å². The summed E-state index contributed by atoms with van der Waals surface area (Å²) in [5.41, 5.74) is 3.89. The normalized spacial score (nSPS) is 13.4. The van der Waals surface area contributed by atoms with Crippen LogP contribution in [0.2, 0.25) is 19.6 Å². The van der Waals surface area contributed by atoms with Gasteiger partial charge in [-0.15, -0.1) is 6.58 Å². The van der Waals surface area contributed by atoms with Crippen LogP contribution in [0.3, 0.4) is 0 Å². The molecule has 0 bridgehead atoms. The molecule has 0 saturated carbocycles. The number of hydrogen-bond acceptors (Lipinski definition) is 0. The fourth-order valence-electron chi connectivity index (χ4n) is 1.03. The van der Waals surface area contributed by atoms with Crippen LogP contribution < -0.4 is 0 Å². The van der Waals surface area contributed by atoms with Crippen LogP contribution in [-0.2, 0) is 0 Å². The maximum Gasteiger partial charge on any atom is 0.0686 e. The Morgan fingerprint density at radius 1 is 1.40 bits per heavy atom. The molecular weight excluding hydrogens is 136 g/mol. The molecule has 0 fully saturated rings. The fourth-order valence-corrected chi connectivity index (χ4v) is 2.62. The summed E-state index contributed by atoms with van der Waals surface area (Å²) in [6.07, 6.45) is 3.01. The predicted octanol–water partition coefficient (Wildman–Crippen LogP) is 3.39. The molecule has 0 radical (unpaired) electrons. The first-order valence-electron chi connectivity index (χ1n) is 3.75. The third-order valence-corrected chi connectivity index (χ3v) is 2.50. The minimum atomic E-state index is -0.967. The van der Waals surface area contributed by atoms with E-state index in [-0.39, 0.29) is 0 Å². The van der Waals surface area contributed by atoms with Crippen LogP contribution in [0.1, 0.15) is 13.3 Å². The fraction of sp³-hybridized carbons (Fsp3) is 0.556. The zero-order valence-electron chi connectivity index (χ0n) is 7.57. The summed E-state index contributed by atoms with van der Waals surface area (Å²) in [5, 5.41) is 0. The maximum absolute atomic E-state index is 3.71. The van der Waals surface area contributed by atoms with E-state index in [9.17, 15) is 0 Å². The van der Waals surface area contributed by atoms with Crippen molar-refractivity contribution in [2.24, 2.45) is 0 Å². The number of hydrogen-bond donors (Lipinski definition) is 0. The molecule has 1 heteroatoms. The van der Waals surface area contributed by atoms with E-state index in [0.717, 1.165) is 6.42 Å². The Balaban J connectivity index is 4.02. The second kappa shape index (κ2) is 3.77. The monoisotopic (exact) mass is 154 g/mol. The van der Waals surface area contributed by atoms with Crippen LogP contribution in [0.15, 0.2) is 23.9 Å². The van der Waals surface area contributed by atoms with Gasteiger partial charge in [-0.1, -0.05) is 37.0 Å². The maximum atomic E-state index is 3.71. The van der Waals surface area contributed by atoms with Gasteiger partial charge in [0, 0.05) is 0 Å². The Morgan fingerprint density at radius 3 is 2.20 bits per heavy atom. The van der Waals surface area contributed by atoms with Crippen LogP contribution in [0.5, 0.6) is 0 Å². The molecule has 58 valence electrons. The molecule has 0 aliphatic heterocycles. The van der Waals surface area contributed by atoms with Gasteiger partial charge in [0.05, 0.1) is 8.07 Å². The first-order chi connectivity index (χ1) is 4.45. The SMILES string of the molecule is C=CC/C(C)=C/[Si](C)(C)C. The molecule has 0 aromatic carbocycles. The van der Waals surface area contributed by atoms with E-state index in [1.165, 1.54) is 5.57 Å². The zero-order chi connectivity index (χ0) is 8.20. The second-order valence-corrected chi connectivity index (χ2v) is 8.87. The Labute approximate surface area is 65.7 Å². The van der Waals surface area contributed by atoms with Gasteiger partial charge in [0.25, 0.3) is 0 Å². The molecule has 0 unspecified atom stereocenters. The molecule has 0 aliphatic rings. The van der Waals surface area contributed by atoms with Crippen LogP contribution in [-0.4, -0.2) is 8.07 Å². The van der Waals surface area contributed by atoms with E-state index in [1.54, 1.807) is 0 Å². The molecular formula is C9H18Si. The van der Waals surface area contributed by atoms with Gasteiger partial charge >= 0.3 is 0 Å². The minimum Gasteiger partial charge on any atom is -0.103 e. The molecule has 0 rings (SSSR count). The van der Waals surface area contributed by atoms with E-state index >= 15 is 0 Å². The van der Waals surface area contributed by atoms with Crippen LogP contribution in [0.25, 0.3) is 0 Å². The lowest BCUT2D eigenvalue weighted by atomic mass is 10.2.